The first-order chi connectivity index (χ1) is 11.1. The topological polar surface area (TPSA) is 44.8 Å². The van der Waals surface area contributed by atoms with Gasteiger partial charge in [-0.25, -0.2) is 4.79 Å². The first kappa shape index (κ1) is 17.2. The smallest absolute Gasteiger partial charge is 0.347 e. The zero-order valence-corrected chi connectivity index (χ0v) is 14.3. The van der Waals surface area contributed by atoms with Crippen LogP contribution in [0.5, 0.6) is 17.2 Å². The maximum Gasteiger partial charge on any atom is 0.347 e. The number of carbonyl (C=O) groups is 1. The molecule has 1 atom stereocenters. The van der Waals surface area contributed by atoms with Crippen molar-refractivity contribution in [2.45, 2.75) is 24.8 Å². The molecule has 0 saturated carbocycles. The molecule has 2 aromatic carbocycles. The van der Waals surface area contributed by atoms with Crippen LogP contribution in [0.15, 0.2) is 53.4 Å². The molecule has 0 radical (unpaired) electrons. The van der Waals surface area contributed by atoms with Crippen LogP contribution in [-0.4, -0.2) is 24.9 Å². The Bertz CT molecular complexity index is 622. The van der Waals surface area contributed by atoms with Crippen LogP contribution < -0.4 is 9.47 Å². The van der Waals surface area contributed by atoms with E-state index in [1.54, 1.807) is 49.9 Å². The van der Waals surface area contributed by atoms with E-state index in [9.17, 15) is 4.79 Å². The molecule has 4 nitrogen and oxygen atoms in total. The molecule has 5 heteroatoms. The Kier molecular flexibility index (Phi) is 6.35. The molecule has 0 bridgehead atoms. The summed E-state index contributed by atoms with van der Waals surface area (Å²) in [5.74, 6) is 1.70. The molecule has 122 valence electrons. The monoisotopic (exact) mass is 332 g/mol. The minimum Gasteiger partial charge on any atom is -0.479 e. The molecule has 2 rings (SSSR count). The molecule has 0 heterocycles. The van der Waals surface area contributed by atoms with E-state index in [1.165, 1.54) is 4.90 Å². The van der Waals surface area contributed by atoms with Crippen LogP contribution in [0, 0.1) is 0 Å². The molecule has 0 saturated heterocycles. The number of esters is 1. The number of hydrogen-bond acceptors (Lipinski definition) is 5. The quantitative estimate of drug-likeness (QED) is 0.550. The molecule has 0 aliphatic rings. The van der Waals surface area contributed by atoms with Crippen molar-refractivity contribution in [1.29, 1.82) is 0 Å². The average molecular weight is 332 g/mol. The number of thioether (sulfide) groups is 1. The van der Waals surface area contributed by atoms with Crippen molar-refractivity contribution in [2.75, 3.05) is 12.9 Å². The maximum atomic E-state index is 11.5. The molecule has 0 amide bonds. The Labute approximate surface area is 140 Å². The highest BCUT2D eigenvalue weighted by atomic mass is 32.2. The zero-order valence-electron chi connectivity index (χ0n) is 13.4. The fourth-order valence-corrected chi connectivity index (χ4v) is 2.29. The molecule has 2 aromatic rings. The highest BCUT2D eigenvalue weighted by Crippen LogP contribution is 2.26. The van der Waals surface area contributed by atoms with E-state index in [2.05, 4.69) is 0 Å². The maximum absolute atomic E-state index is 11.5. The lowest BCUT2D eigenvalue weighted by molar-refractivity contribution is -0.150. The number of ether oxygens (including phenoxy) is 3. The van der Waals surface area contributed by atoms with Crippen LogP contribution in [0.2, 0.25) is 0 Å². The summed E-state index contributed by atoms with van der Waals surface area (Å²) in [4.78, 5) is 12.7. The number of hydrogen-bond donors (Lipinski definition) is 0. The molecule has 0 aliphatic heterocycles. The fraction of sp³-hybridized carbons (Fsp3) is 0.278. The van der Waals surface area contributed by atoms with Gasteiger partial charge < -0.3 is 14.2 Å². The van der Waals surface area contributed by atoms with Gasteiger partial charge in [0.05, 0.1) is 6.61 Å². The second-order valence-electron chi connectivity index (χ2n) is 4.76. The van der Waals surface area contributed by atoms with E-state index >= 15 is 0 Å². The molecular formula is C18H20O4S. The van der Waals surface area contributed by atoms with E-state index in [-0.39, 0.29) is 5.97 Å². The molecule has 0 N–H and O–H groups in total. The third kappa shape index (κ3) is 5.21. The Morgan fingerprint density at radius 3 is 2.04 bits per heavy atom. The van der Waals surface area contributed by atoms with E-state index < -0.39 is 6.10 Å². The summed E-state index contributed by atoms with van der Waals surface area (Å²) >= 11 is 1.69. The van der Waals surface area contributed by atoms with E-state index in [0.717, 1.165) is 5.75 Å². The lowest BCUT2D eigenvalue weighted by Gasteiger charge is -2.13. The SMILES string of the molecule is CCOC(=O)C(C)Oc1ccc(Oc2ccc(SC)cc2)cc1. The average Bonchev–Trinajstić information content (AvgIpc) is 2.57. The standard InChI is InChI=1S/C18H20O4S/c1-4-20-18(19)13(2)21-14-5-7-15(8-6-14)22-16-9-11-17(23-3)12-10-16/h5-13H,4H2,1-3H3. The summed E-state index contributed by atoms with van der Waals surface area (Å²) in [5.41, 5.74) is 0. The van der Waals surface area contributed by atoms with Gasteiger partial charge in [-0.05, 0) is 68.6 Å². The molecule has 0 aliphatic carbocycles. The van der Waals surface area contributed by atoms with Gasteiger partial charge in [-0.15, -0.1) is 11.8 Å². The van der Waals surface area contributed by atoms with Gasteiger partial charge in [0, 0.05) is 4.90 Å². The largest absolute Gasteiger partial charge is 0.479 e. The Morgan fingerprint density at radius 2 is 1.52 bits per heavy atom. The second kappa shape index (κ2) is 8.48. The summed E-state index contributed by atoms with van der Waals surface area (Å²) in [7, 11) is 0. The Morgan fingerprint density at radius 1 is 1.00 bits per heavy atom. The van der Waals surface area contributed by atoms with Crippen LogP contribution in [-0.2, 0) is 9.53 Å². The first-order valence-electron chi connectivity index (χ1n) is 7.37. The molecule has 0 fully saturated rings. The predicted molar refractivity (Wildman–Crippen MR) is 91.5 cm³/mol. The minimum atomic E-state index is -0.638. The van der Waals surface area contributed by atoms with Crippen molar-refractivity contribution < 1.29 is 19.0 Å². The lowest BCUT2D eigenvalue weighted by Crippen LogP contribution is -2.25. The van der Waals surface area contributed by atoms with Gasteiger partial charge in [-0.3, -0.25) is 0 Å². The van der Waals surface area contributed by atoms with Crippen LogP contribution in [0.1, 0.15) is 13.8 Å². The number of benzene rings is 2. The van der Waals surface area contributed by atoms with Gasteiger partial charge >= 0.3 is 5.97 Å². The van der Waals surface area contributed by atoms with Crippen molar-refractivity contribution in [2.24, 2.45) is 0 Å². The molecule has 0 aromatic heterocycles. The number of rotatable bonds is 7. The van der Waals surface area contributed by atoms with Crippen molar-refractivity contribution >= 4 is 17.7 Å². The molecular weight excluding hydrogens is 312 g/mol. The molecule has 1 unspecified atom stereocenters. The van der Waals surface area contributed by atoms with Gasteiger partial charge in [0.1, 0.15) is 17.2 Å². The van der Waals surface area contributed by atoms with Crippen LogP contribution >= 0.6 is 11.8 Å². The lowest BCUT2D eigenvalue weighted by atomic mass is 10.3. The van der Waals surface area contributed by atoms with Crippen LogP contribution in [0.3, 0.4) is 0 Å². The predicted octanol–water partition coefficient (Wildman–Crippen LogP) is 4.53. The normalized spacial score (nSPS) is 11.6. The summed E-state index contributed by atoms with van der Waals surface area (Å²) in [6, 6.07) is 15.0. The van der Waals surface area contributed by atoms with E-state index in [1.807, 2.05) is 30.5 Å². The van der Waals surface area contributed by atoms with Gasteiger partial charge in [0.25, 0.3) is 0 Å². The van der Waals surface area contributed by atoms with Crippen molar-refractivity contribution in [3.63, 3.8) is 0 Å². The van der Waals surface area contributed by atoms with Crippen molar-refractivity contribution in [3.05, 3.63) is 48.5 Å². The van der Waals surface area contributed by atoms with Crippen molar-refractivity contribution in [1.82, 2.24) is 0 Å². The third-order valence-electron chi connectivity index (χ3n) is 3.05. The van der Waals surface area contributed by atoms with Gasteiger partial charge in [0.15, 0.2) is 6.10 Å². The minimum absolute atomic E-state index is 0.342. The Balaban J connectivity index is 1.94. The summed E-state index contributed by atoms with van der Waals surface area (Å²) in [6.07, 6.45) is 1.40. The van der Waals surface area contributed by atoms with Gasteiger partial charge in [-0.1, -0.05) is 0 Å². The molecule has 23 heavy (non-hydrogen) atoms. The first-order valence-corrected chi connectivity index (χ1v) is 8.60. The summed E-state index contributed by atoms with van der Waals surface area (Å²) in [6.45, 7) is 3.77. The highest BCUT2D eigenvalue weighted by molar-refractivity contribution is 7.98. The van der Waals surface area contributed by atoms with Crippen LogP contribution in [0.25, 0.3) is 0 Å². The van der Waals surface area contributed by atoms with Gasteiger partial charge in [0.2, 0.25) is 0 Å². The summed E-state index contributed by atoms with van der Waals surface area (Å²) in [5, 5.41) is 0. The van der Waals surface area contributed by atoms with E-state index in [0.29, 0.717) is 18.1 Å². The Hall–Kier alpha value is -2.14. The number of carbonyl (C=O) groups excluding carboxylic acids is 1. The highest BCUT2D eigenvalue weighted by Gasteiger charge is 2.15. The third-order valence-corrected chi connectivity index (χ3v) is 3.79. The second-order valence-corrected chi connectivity index (χ2v) is 5.64. The van der Waals surface area contributed by atoms with E-state index in [4.69, 9.17) is 14.2 Å². The fourth-order valence-electron chi connectivity index (χ4n) is 1.88. The molecule has 0 spiro atoms. The van der Waals surface area contributed by atoms with Crippen molar-refractivity contribution in [3.8, 4) is 17.2 Å². The van der Waals surface area contributed by atoms with Gasteiger partial charge in [-0.2, -0.15) is 0 Å². The zero-order chi connectivity index (χ0) is 16.7. The summed E-state index contributed by atoms with van der Waals surface area (Å²) < 4.78 is 16.2. The van der Waals surface area contributed by atoms with Crippen LogP contribution in [0.4, 0.5) is 0 Å².